The highest BCUT2D eigenvalue weighted by Gasteiger charge is 1.98. The summed E-state index contributed by atoms with van der Waals surface area (Å²) in [5.41, 5.74) is 0.971. The maximum Gasteiger partial charge on any atom is 0.160 e. The number of amidine groups is 1. The van der Waals surface area contributed by atoms with Gasteiger partial charge in [-0.15, -0.1) is 0 Å². The number of hydrogen-bond donors (Lipinski definition) is 1. The van der Waals surface area contributed by atoms with Crippen LogP contribution in [0.1, 0.15) is 6.92 Å². The van der Waals surface area contributed by atoms with Crippen LogP contribution in [-0.4, -0.2) is 18.0 Å². The third kappa shape index (κ3) is 3.60. The zero-order valence-corrected chi connectivity index (χ0v) is 9.82. The highest BCUT2D eigenvalue weighted by Crippen LogP contribution is 2.16. The van der Waals surface area contributed by atoms with Crippen molar-refractivity contribution in [3.8, 4) is 0 Å². The van der Waals surface area contributed by atoms with Gasteiger partial charge in [-0.2, -0.15) is 0 Å². The summed E-state index contributed by atoms with van der Waals surface area (Å²) in [6.45, 7) is 2.09. The van der Waals surface area contributed by atoms with Crippen molar-refractivity contribution < 1.29 is 0 Å². The number of halogens is 1. The van der Waals surface area contributed by atoms with Crippen molar-refractivity contribution in [2.75, 3.05) is 18.1 Å². The van der Waals surface area contributed by atoms with Gasteiger partial charge in [0.1, 0.15) is 0 Å². The Morgan fingerprint density at radius 2 is 2.36 bits per heavy atom. The van der Waals surface area contributed by atoms with Crippen molar-refractivity contribution in [3.05, 3.63) is 29.3 Å². The van der Waals surface area contributed by atoms with Crippen LogP contribution in [0.5, 0.6) is 0 Å². The molecule has 0 saturated heterocycles. The first-order chi connectivity index (χ1) is 6.76. The first-order valence-corrected chi connectivity index (χ1v) is 5.74. The molecule has 0 spiro atoms. The monoisotopic (exact) mass is 228 g/mol. The second-order valence-corrected chi connectivity index (χ2v) is 4.29. The number of nitrogens with zero attached hydrogens (tertiary/aromatic N) is 1. The molecular formula is C10H13ClN2S. The fourth-order valence-electron chi connectivity index (χ4n) is 0.983. The third-order valence-electron chi connectivity index (χ3n) is 1.56. The Labute approximate surface area is 93.8 Å². The number of rotatable bonds is 2. The lowest BCUT2D eigenvalue weighted by Crippen LogP contribution is -2.07. The molecule has 1 aromatic carbocycles. The van der Waals surface area contributed by atoms with E-state index in [1.807, 2.05) is 24.3 Å². The van der Waals surface area contributed by atoms with Gasteiger partial charge in [0.05, 0.1) is 0 Å². The van der Waals surface area contributed by atoms with Gasteiger partial charge in [-0.3, -0.25) is 4.99 Å². The van der Waals surface area contributed by atoms with Crippen LogP contribution in [-0.2, 0) is 0 Å². The van der Waals surface area contributed by atoms with Gasteiger partial charge in [-0.05, 0) is 24.0 Å². The van der Waals surface area contributed by atoms with E-state index in [4.69, 9.17) is 11.6 Å². The van der Waals surface area contributed by atoms with Crippen LogP contribution in [0.25, 0.3) is 0 Å². The van der Waals surface area contributed by atoms with Gasteiger partial charge < -0.3 is 5.32 Å². The molecule has 0 bridgehead atoms. The molecule has 0 unspecified atom stereocenters. The summed E-state index contributed by atoms with van der Waals surface area (Å²) >= 11 is 7.53. The van der Waals surface area contributed by atoms with Gasteiger partial charge in [-0.25, -0.2) is 0 Å². The summed E-state index contributed by atoms with van der Waals surface area (Å²) < 4.78 is 0. The number of nitrogens with one attached hydrogen (secondary N) is 1. The minimum absolute atomic E-state index is 0.729. The Morgan fingerprint density at radius 1 is 1.57 bits per heavy atom. The van der Waals surface area contributed by atoms with Gasteiger partial charge in [0, 0.05) is 17.8 Å². The summed E-state index contributed by atoms with van der Waals surface area (Å²) in [5, 5.41) is 4.84. The van der Waals surface area contributed by atoms with Crippen molar-refractivity contribution in [2.24, 2.45) is 4.99 Å². The predicted octanol–water partition coefficient (Wildman–Crippen LogP) is 3.49. The standard InChI is InChI=1S/C10H13ClN2S/c1-3-14-10(12-2)13-9-6-4-5-8(11)7-9/h4-7H,3H2,1-2H3,(H,12,13). The van der Waals surface area contributed by atoms with Gasteiger partial charge in [0.15, 0.2) is 5.17 Å². The Bertz CT molecular complexity index is 326. The molecule has 2 nitrogen and oxygen atoms in total. The molecule has 4 heteroatoms. The predicted molar refractivity (Wildman–Crippen MR) is 66.6 cm³/mol. The van der Waals surface area contributed by atoms with E-state index < -0.39 is 0 Å². The lowest BCUT2D eigenvalue weighted by Gasteiger charge is -2.07. The Morgan fingerprint density at radius 3 is 2.93 bits per heavy atom. The van der Waals surface area contributed by atoms with E-state index in [1.165, 1.54) is 0 Å². The second kappa shape index (κ2) is 5.94. The van der Waals surface area contributed by atoms with Gasteiger partial charge in [0.25, 0.3) is 0 Å². The normalized spacial score (nSPS) is 11.5. The number of thioether (sulfide) groups is 1. The average Bonchev–Trinajstić information content (AvgIpc) is 2.17. The number of anilines is 1. The van der Waals surface area contributed by atoms with E-state index in [9.17, 15) is 0 Å². The van der Waals surface area contributed by atoms with Crippen LogP contribution in [0, 0.1) is 0 Å². The molecule has 0 aliphatic carbocycles. The largest absolute Gasteiger partial charge is 0.335 e. The topological polar surface area (TPSA) is 24.4 Å². The van der Waals surface area contributed by atoms with Crippen molar-refractivity contribution in [3.63, 3.8) is 0 Å². The number of aliphatic imine (C=N–C) groups is 1. The first-order valence-electron chi connectivity index (χ1n) is 4.38. The minimum Gasteiger partial charge on any atom is -0.335 e. The quantitative estimate of drug-likeness (QED) is 0.619. The SMILES string of the molecule is CCSC(=NC)Nc1cccc(Cl)c1. The lowest BCUT2D eigenvalue weighted by atomic mass is 10.3. The van der Waals surface area contributed by atoms with E-state index in [-0.39, 0.29) is 0 Å². The first kappa shape index (κ1) is 11.4. The molecule has 76 valence electrons. The van der Waals surface area contributed by atoms with E-state index in [0.717, 1.165) is 21.6 Å². The molecule has 0 saturated carbocycles. The zero-order chi connectivity index (χ0) is 10.4. The summed E-state index contributed by atoms with van der Waals surface area (Å²) in [4.78, 5) is 4.13. The van der Waals surface area contributed by atoms with Crippen molar-refractivity contribution >= 4 is 34.2 Å². The fraction of sp³-hybridized carbons (Fsp3) is 0.300. The summed E-state index contributed by atoms with van der Waals surface area (Å²) in [6, 6.07) is 7.60. The zero-order valence-electron chi connectivity index (χ0n) is 8.25. The Hall–Kier alpha value is -0.670. The molecule has 1 aromatic rings. The van der Waals surface area contributed by atoms with Crippen LogP contribution >= 0.6 is 23.4 Å². The number of benzene rings is 1. The molecule has 0 heterocycles. The molecule has 0 fully saturated rings. The molecule has 1 rings (SSSR count). The Kier molecular flexibility index (Phi) is 4.84. The molecule has 0 aromatic heterocycles. The lowest BCUT2D eigenvalue weighted by molar-refractivity contribution is 1.44. The van der Waals surface area contributed by atoms with E-state index in [1.54, 1.807) is 18.8 Å². The van der Waals surface area contributed by atoms with Crippen molar-refractivity contribution in [2.45, 2.75) is 6.92 Å². The van der Waals surface area contributed by atoms with E-state index >= 15 is 0 Å². The van der Waals surface area contributed by atoms with E-state index in [0.29, 0.717) is 0 Å². The Balaban J connectivity index is 2.67. The summed E-state index contributed by atoms with van der Waals surface area (Å²) in [7, 11) is 1.77. The molecular weight excluding hydrogens is 216 g/mol. The highest BCUT2D eigenvalue weighted by atomic mass is 35.5. The summed E-state index contributed by atoms with van der Waals surface area (Å²) in [5.74, 6) is 1.00. The highest BCUT2D eigenvalue weighted by molar-refractivity contribution is 8.14. The molecule has 0 radical (unpaired) electrons. The van der Waals surface area contributed by atoms with Crippen LogP contribution in [0.15, 0.2) is 29.3 Å². The van der Waals surface area contributed by atoms with Gasteiger partial charge in [-0.1, -0.05) is 36.4 Å². The van der Waals surface area contributed by atoms with Crippen LogP contribution in [0.4, 0.5) is 5.69 Å². The van der Waals surface area contributed by atoms with Crippen LogP contribution in [0.3, 0.4) is 0 Å². The molecule has 0 atom stereocenters. The third-order valence-corrected chi connectivity index (χ3v) is 2.64. The van der Waals surface area contributed by atoms with Crippen LogP contribution < -0.4 is 5.32 Å². The second-order valence-electron chi connectivity index (χ2n) is 2.60. The molecule has 14 heavy (non-hydrogen) atoms. The number of hydrogen-bond acceptors (Lipinski definition) is 2. The van der Waals surface area contributed by atoms with Crippen molar-refractivity contribution in [1.82, 2.24) is 0 Å². The fourth-order valence-corrected chi connectivity index (χ4v) is 1.77. The maximum absolute atomic E-state index is 5.86. The maximum atomic E-state index is 5.86. The molecule has 0 aliphatic heterocycles. The summed E-state index contributed by atoms with van der Waals surface area (Å²) in [6.07, 6.45) is 0. The molecule has 1 N–H and O–H groups in total. The molecule has 0 aliphatic rings. The van der Waals surface area contributed by atoms with Crippen molar-refractivity contribution in [1.29, 1.82) is 0 Å². The average molecular weight is 229 g/mol. The van der Waals surface area contributed by atoms with Crippen LogP contribution in [0.2, 0.25) is 5.02 Å². The smallest absolute Gasteiger partial charge is 0.160 e. The minimum atomic E-state index is 0.729. The van der Waals surface area contributed by atoms with Gasteiger partial charge in [0.2, 0.25) is 0 Å². The van der Waals surface area contributed by atoms with E-state index in [2.05, 4.69) is 17.2 Å². The van der Waals surface area contributed by atoms with Gasteiger partial charge >= 0.3 is 0 Å². The molecule has 0 amide bonds.